The van der Waals surface area contributed by atoms with Crippen molar-refractivity contribution in [1.82, 2.24) is 5.32 Å². The van der Waals surface area contributed by atoms with E-state index in [0.29, 0.717) is 24.5 Å². The van der Waals surface area contributed by atoms with Gasteiger partial charge in [0.1, 0.15) is 0 Å². The van der Waals surface area contributed by atoms with Crippen LogP contribution in [-0.4, -0.2) is 32.1 Å². The first-order valence-electron chi connectivity index (χ1n) is 9.70. The minimum absolute atomic E-state index is 0.0975. The van der Waals surface area contributed by atoms with Gasteiger partial charge in [-0.25, -0.2) is 0 Å². The van der Waals surface area contributed by atoms with E-state index < -0.39 is 0 Å². The third-order valence-corrected chi connectivity index (χ3v) is 4.72. The van der Waals surface area contributed by atoms with Crippen LogP contribution >= 0.6 is 0 Å². The highest BCUT2D eigenvalue weighted by Gasteiger charge is 2.21. The molecule has 0 unspecified atom stereocenters. The molecule has 2 amide bonds. The van der Waals surface area contributed by atoms with E-state index >= 15 is 0 Å². The van der Waals surface area contributed by atoms with Crippen molar-refractivity contribution in [2.24, 2.45) is 0 Å². The highest BCUT2D eigenvalue weighted by molar-refractivity contribution is 5.95. The zero-order valence-corrected chi connectivity index (χ0v) is 16.8. The second-order valence-corrected chi connectivity index (χ2v) is 6.79. The fraction of sp³-hybridized carbons (Fsp3) is 0.304. The molecule has 1 N–H and O–H groups in total. The number of nitrogens with one attached hydrogen (secondary N) is 1. The lowest BCUT2D eigenvalue weighted by Gasteiger charge is -2.16. The van der Waals surface area contributed by atoms with E-state index in [1.165, 1.54) is 0 Å². The molecule has 0 radical (unpaired) electrons. The van der Waals surface area contributed by atoms with Crippen LogP contribution in [0.4, 0.5) is 5.69 Å². The molecule has 152 valence electrons. The van der Waals surface area contributed by atoms with Crippen molar-refractivity contribution in [2.75, 3.05) is 25.2 Å². The van der Waals surface area contributed by atoms with Crippen LogP contribution in [0.15, 0.2) is 48.5 Å². The monoisotopic (exact) mass is 394 g/mol. The summed E-state index contributed by atoms with van der Waals surface area (Å²) >= 11 is 0. The Morgan fingerprint density at radius 2 is 1.97 bits per heavy atom. The number of rotatable bonds is 8. The lowest BCUT2D eigenvalue weighted by Crippen LogP contribution is -2.28. The zero-order valence-electron chi connectivity index (χ0n) is 16.8. The summed E-state index contributed by atoms with van der Waals surface area (Å²) in [6, 6.07) is 13.2. The van der Waals surface area contributed by atoms with Gasteiger partial charge >= 0.3 is 0 Å². The van der Waals surface area contributed by atoms with E-state index in [4.69, 9.17) is 9.47 Å². The average Bonchev–Trinajstić information content (AvgIpc) is 3.17. The molecule has 1 fully saturated rings. The molecule has 0 atom stereocenters. The topological polar surface area (TPSA) is 67.9 Å². The number of hydrogen-bond acceptors (Lipinski definition) is 4. The Hall–Kier alpha value is -3.28. The Labute approximate surface area is 171 Å². The molecule has 29 heavy (non-hydrogen) atoms. The number of carbonyl (C=O) groups is 2. The van der Waals surface area contributed by atoms with Crippen molar-refractivity contribution in [3.63, 3.8) is 0 Å². The second kappa shape index (κ2) is 9.78. The first-order chi connectivity index (χ1) is 14.1. The van der Waals surface area contributed by atoms with E-state index in [1.54, 1.807) is 18.1 Å². The largest absolute Gasteiger partial charge is 0.493 e. The molecule has 2 aromatic carbocycles. The van der Waals surface area contributed by atoms with Gasteiger partial charge in [0.05, 0.1) is 7.11 Å². The van der Waals surface area contributed by atoms with Crippen LogP contribution in [0.3, 0.4) is 0 Å². The molecule has 1 heterocycles. The van der Waals surface area contributed by atoms with Crippen LogP contribution in [0, 0.1) is 0 Å². The Morgan fingerprint density at radius 3 is 2.62 bits per heavy atom. The molecule has 3 rings (SSSR count). The molecule has 6 nitrogen and oxygen atoms in total. The molecule has 0 bridgehead atoms. The molecular weight excluding hydrogens is 368 g/mol. The van der Waals surface area contributed by atoms with Crippen molar-refractivity contribution in [3.8, 4) is 11.5 Å². The number of hydrogen-bond donors (Lipinski definition) is 1. The van der Waals surface area contributed by atoms with Gasteiger partial charge in [0, 0.05) is 25.2 Å². The lowest BCUT2D eigenvalue weighted by molar-refractivity contribution is -0.123. The highest BCUT2D eigenvalue weighted by atomic mass is 16.5. The summed E-state index contributed by atoms with van der Waals surface area (Å²) in [4.78, 5) is 25.7. The molecule has 1 saturated heterocycles. The smallest absolute Gasteiger partial charge is 0.258 e. The fourth-order valence-corrected chi connectivity index (χ4v) is 3.21. The van der Waals surface area contributed by atoms with E-state index in [9.17, 15) is 9.59 Å². The lowest BCUT2D eigenvalue weighted by atomic mass is 10.2. The Balaban J connectivity index is 1.49. The number of benzene rings is 2. The third-order valence-electron chi connectivity index (χ3n) is 4.72. The van der Waals surface area contributed by atoms with Crippen LogP contribution in [-0.2, 0) is 16.1 Å². The number of methoxy groups -OCH3 is 1. The van der Waals surface area contributed by atoms with E-state index in [-0.39, 0.29) is 18.4 Å². The van der Waals surface area contributed by atoms with E-state index in [0.717, 1.165) is 29.8 Å². The molecule has 0 aliphatic carbocycles. The van der Waals surface area contributed by atoms with Crippen LogP contribution in [0.25, 0.3) is 6.08 Å². The normalized spacial score (nSPS) is 13.7. The van der Waals surface area contributed by atoms with Gasteiger partial charge in [-0.05, 0) is 48.7 Å². The van der Waals surface area contributed by atoms with Crippen molar-refractivity contribution in [1.29, 1.82) is 0 Å². The molecule has 1 aliphatic rings. The summed E-state index contributed by atoms with van der Waals surface area (Å²) in [7, 11) is 1.57. The van der Waals surface area contributed by atoms with E-state index in [1.807, 2.05) is 55.5 Å². The summed E-state index contributed by atoms with van der Waals surface area (Å²) in [6.45, 7) is 3.01. The van der Waals surface area contributed by atoms with Crippen molar-refractivity contribution < 1.29 is 19.1 Å². The van der Waals surface area contributed by atoms with Gasteiger partial charge in [0.15, 0.2) is 18.1 Å². The third kappa shape index (κ3) is 5.38. The fourth-order valence-electron chi connectivity index (χ4n) is 3.21. The van der Waals surface area contributed by atoms with Gasteiger partial charge in [-0.1, -0.05) is 30.4 Å². The van der Waals surface area contributed by atoms with Crippen molar-refractivity contribution in [3.05, 3.63) is 59.7 Å². The van der Waals surface area contributed by atoms with Crippen molar-refractivity contribution >= 4 is 23.6 Å². The first-order valence-corrected chi connectivity index (χ1v) is 9.70. The summed E-state index contributed by atoms with van der Waals surface area (Å²) < 4.78 is 10.9. The van der Waals surface area contributed by atoms with Gasteiger partial charge in [-0.3, -0.25) is 9.59 Å². The SMILES string of the molecule is C/C=C/c1ccc(OCC(=O)NCc2ccc(N3CCCC3=O)cc2)c(OC)c1. The van der Waals surface area contributed by atoms with Crippen LogP contribution in [0.5, 0.6) is 11.5 Å². The first kappa shape index (κ1) is 20.5. The van der Waals surface area contributed by atoms with Crippen LogP contribution < -0.4 is 19.7 Å². The van der Waals surface area contributed by atoms with Gasteiger partial charge in [0.2, 0.25) is 5.91 Å². The Kier molecular flexibility index (Phi) is 6.89. The molecule has 0 spiro atoms. The van der Waals surface area contributed by atoms with Gasteiger partial charge in [-0.15, -0.1) is 0 Å². The second-order valence-electron chi connectivity index (χ2n) is 6.79. The summed E-state index contributed by atoms with van der Waals surface area (Å²) in [6.07, 6.45) is 5.42. The molecule has 1 aliphatic heterocycles. The number of carbonyl (C=O) groups excluding carboxylic acids is 2. The van der Waals surface area contributed by atoms with Gasteiger partial charge in [-0.2, -0.15) is 0 Å². The molecule has 2 aromatic rings. The minimum Gasteiger partial charge on any atom is -0.493 e. The predicted octanol–water partition coefficient (Wildman–Crippen LogP) is 3.55. The quantitative estimate of drug-likeness (QED) is 0.744. The number of amides is 2. The maximum absolute atomic E-state index is 12.1. The predicted molar refractivity (Wildman–Crippen MR) is 113 cm³/mol. The maximum atomic E-state index is 12.1. The summed E-state index contributed by atoms with van der Waals surface area (Å²) in [5.41, 5.74) is 2.86. The number of nitrogens with zero attached hydrogens (tertiary/aromatic N) is 1. The Bertz CT molecular complexity index is 890. The maximum Gasteiger partial charge on any atom is 0.258 e. The molecule has 6 heteroatoms. The van der Waals surface area contributed by atoms with Crippen molar-refractivity contribution in [2.45, 2.75) is 26.3 Å². The van der Waals surface area contributed by atoms with Crippen LogP contribution in [0.1, 0.15) is 30.9 Å². The van der Waals surface area contributed by atoms with Crippen LogP contribution in [0.2, 0.25) is 0 Å². The standard InChI is InChI=1S/C23H26N2O4/c1-3-5-17-9-12-20(21(14-17)28-2)29-16-22(26)24-15-18-7-10-19(11-8-18)25-13-4-6-23(25)27/h3,5,7-12,14H,4,6,13,15-16H2,1-2H3,(H,24,26)/b5-3+. The number of allylic oxidation sites excluding steroid dienone is 1. The summed E-state index contributed by atoms with van der Waals surface area (Å²) in [5.74, 6) is 1.05. The average molecular weight is 394 g/mol. The number of ether oxygens (including phenoxy) is 2. The molecule has 0 saturated carbocycles. The van der Waals surface area contributed by atoms with Gasteiger partial charge in [0.25, 0.3) is 5.91 Å². The minimum atomic E-state index is -0.219. The highest BCUT2D eigenvalue weighted by Crippen LogP contribution is 2.28. The zero-order chi connectivity index (χ0) is 20.6. The molecular formula is C23H26N2O4. The van der Waals surface area contributed by atoms with Gasteiger partial charge < -0.3 is 19.7 Å². The Morgan fingerprint density at radius 1 is 1.17 bits per heavy atom. The summed E-state index contributed by atoms with van der Waals surface area (Å²) in [5, 5.41) is 2.84. The van der Waals surface area contributed by atoms with E-state index in [2.05, 4.69) is 5.32 Å². The molecule has 0 aromatic heterocycles. The number of anilines is 1.